The van der Waals surface area contributed by atoms with Crippen molar-refractivity contribution in [2.45, 2.75) is 52.6 Å². The molecule has 0 amide bonds. The van der Waals surface area contributed by atoms with E-state index >= 15 is 0 Å². The summed E-state index contributed by atoms with van der Waals surface area (Å²) in [6, 6.07) is 3.46. The highest BCUT2D eigenvalue weighted by molar-refractivity contribution is 5.57. The Hall–Kier alpha value is -1.13. The number of nitrogens with zero attached hydrogens (tertiary/aromatic N) is 1. The van der Waals surface area contributed by atoms with Crippen LogP contribution in [0.4, 0.5) is 10.1 Å². The van der Waals surface area contributed by atoms with Crippen LogP contribution in [0.15, 0.2) is 12.1 Å². The molecule has 0 aliphatic rings. The third-order valence-corrected chi connectivity index (χ3v) is 3.83. The lowest BCUT2D eigenvalue weighted by atomic mass is 10.00. The molecule has 0 heterocycles. The molecule has 0 aliphatic carbocycles. The Kier molecular flexibility index (Phi) is 6.43. The summed E-state index contributed by atoms with van der Waals surface area (Å²) in [6.07, 6.45) is 1.95. The van der Waals surface area contributed by atoms with Crippen molar-refractivity contribution in [3.63, 3.8) is 0 Å². The maximum atomic E-state index is 13.8. The Morgan fingerprint density at radius 2 is 1.90 bits per heavy atom. The SMILES string of the molecule is CCC(CC)N(CCO)c1cc(C)c(F)cc1C(C)N. The van der Waals surface area contributed by atoms with E-state index in [-0.39, 0.29) is 18.5 Å². The number of benzene rings is 1. The first-order valence-electron chi connectivity index (χ1n) is 7.39. The number of aryl methyl sites for hydroxylation is 1. The summed E-state index contributed by atoms with van der Waals surface area (Å²) in [7, 11) is 0. The van der Waals surface area contributed by atoms with Crippen LogP contribution in [0.3, 0.4) is 0 Å². The molecule has 0 bridgehead atoms. The zero-order valence-corrected chi connectivity index (χ0v) is 13.0. The zero-order valence-electron chi connectivity index (χ0n) is 13.0. The van der Waals surface area contributed by atoms with Crippen LogP contribution >= 0.6 is 0 Å². The standard InChI is InChI=1S/C16H27FN2O/c1-5-13(6-2)19(7-8-20)16-9-11(3)15(17)10-14(16)12(4)18/h9-10,12-13,20H,5-8,18H2,1-4H3. The molecule has 1 aromatic carbocycles. The van der Waals surface area contributed by atoms with Crippen molar-refractivity contribution in [2.75, 3.05) is 18.1 Å². The molecule has 3 nitrogen and oxygen atoms in total. The van der Waals surface area contributed by atoms with Crippen molar-refractivity contribution < 1.29 is 9.50 Å². The summed E-state index contributed by atoms with van der Waals surface area (Å²) in [5, 5.41) is 9.34. The van der Waals surface area contributed by atoms with Gasteiger partial charge in [0.15, 0.2) is 0 Å². The van der Waals surface area contributed by atoms with Crippen LogP contribution in [0.1, 0.15) is 50.8 Å². The summed E-state index contributed by atoms with van der Waals surface area (Å²) in [5.74, 6) is -0.227. The first-order chi connectivity index (χ1) is 9.46. The highest BCUT2D eigenvalue weighted by Gasteiger charge is 2.21. The lowest BCUT2D eigenvalue weighted by Gasteiger charge is -2.34. The van der Waals surface area contributed by atoms with Crippen LogP contribution < -0.4 is 10.6 Å². The van der Waals surface area contributed by atoms with Crippen molar-refractivity contribution in [3.05, 3.63) is 29.1 Å². The number of hydrogen-bond acceptors (Lipinski definition) is 3. The number of halogens is 1. The maximum Gasteiger partial charge on any atom is 0.126 e. The molecule has 0 radical (unpaired) electrons. The number of rotatable bonds is 7. The van der Waals surface area contributed by atoms with Crippen LogP contribution in [0.25, 0.3) is 0 Å². The molecule has 4 heteroatoms. The number of aliphatic hydroxyl groups excluding tert-OH is 1. The molecule has 1 aromatic rings. The van der Waals surface area contributed by atoms with Gasteiger partial charge in [0.1, 0.15) is 5.82 Å². The fourth-order valence-electron chi connectivity index (χ4n) is 2.63. The highest BCUT2D eigenvalue weighted by Crippen LogP contribution is 2.31. The van der Waals surface area contributed by atoms with E-state index in [1.807, 2.05) is 13.0 Å². The average Bonchev–Trinajstić information content (AvgIpc) is 2.41. The van der Waals surface area contributed by atoms with Gasteiger partial charge in [-0.2, -0.15) is 0 Å². The van der Waals surface area contributed by atoms with Gasteiger partial charge in [-0.15, -0.1) is 0 Å². The van der Waals surface area contributed by atoms with E-state index in [9.17, 15) is 9.50 Å². The van der Waals surface area contributed by atoms with E-state index in [1.165, 1.54) is 6.07 Å². The molecule has 20 heavy (non-hydrogen) atoms. The molecule has 0 aliphatic heterocycles. The molecular formula is C16H27FN2O. The third kappa shape index (κ3) is 3.70. The maximum absolute atomic E-state index is 13.8. The van der Waals surface area contributed by atoms with E-state index < -0.39 is 0 Å². The van der Waals surface area contributed by atoms with E-state index in [0.717, 1.165) is 24.1 Å². The van der Waals surface area contributed by atoms with Gasteiger partial charge in [-0.1, -0.05) is 13.8 Å². The van der Waals surface area contributed by atoms with Crippen LogP contribution in [0.2, 0.25) is 0 Å². The van der Waals surface area contributed by atoms with Crippen LogP contribution in [-0.4, -0.2) is 24.3 Å². The average molecular weight is 282 g/mol. The summed E-state index contributed by atoms with van der Waals surface area (Å²) >= 11 is 0. The minimum absolute atomic E-state index is 0.0747. The summed E-state index contributed by atoms with van der Waals surface area (Å²) in [4.78, 5) is 2.16. The summed E-state index contributed by atoms with van der Waals surface area (Å²) < 4.78 is 13.8. The number of hydrogen-bond donors (Lipinski definition) is 2. The summed E-state index contributed by atoms with van der Waals surface area (Å²) in [5.41, 5.74) is 8.35. The van der Waals surface area contributed by atoms with Crippen LogP contribution in [0, 0.1) is 12.7 Å². The monoisotopic (exact) mass is 282 g/mol. The molecule has 1 unspecified atom stereocenters. The fourth-order valence-corrected chi connectivity index (χ4v) is 2.63. The summed E-state index contributed by atoms with van der Waals surface area (Å²) in [6.45, 7) is 8.48. The van der Waals surface area contributed by atoms with E-state index in [4.69, 9.17) is 5.73 Å². The largest absolute Gasteiger partial charge is 0.395 e. The third-order valence-electron chi connectivity index (χ3n) is 3.83. The Labute approximate surface area is 121 Å². The van der Waals surface area contributed by atoms with Gasteiger partial charge in [0, 0.05) is 24.3 Å². The molecule has 1 atom stereocenters. The normalized spacial score (nSPS) is 12.8. The fraction of sp³-hybridized carbons (Fsp3) is 0.625. The molecule has 1 rings (SSSR count). The molecule has 0 aromatic heterocycles. The Morgan fingerprint density at radius 3 is 2.35 bits per heavy atom. The van der Waals surface area contributed by atoms with Crippen LogP contribution in [0.5, 0.6) is 0 Å². The Morgan fingerprint density at radius 1 is 1.30 bits per heavy atom. The first kappa shape index (κ1) is 16.9. The first-order valence-corrected chi connectivity index (χ1v) is 7.39. The van der Waals surface area contributed by atoms with Crippen molar-refractivity contribution >= 4 is 5.69 Å². The Bertz CT molecular complexity index is 431. The second-order valence-electron chi connectivity index (χ2n) is 5.34. The van der Waals surface area contributed by atoms with Gasteiger partial charge in [-0.25, -0.2) is 4.39 Å². The van der Waals surface area contributed by atoms with Crippen LogP contribution in [-0.2, 0) is 0 Å². The number of aliphatic hydroxyl groups is 1. The van der Waals surface area contributed by atoms with Crippen molar-refractivity contribution in [3.8, 4) is 0 Å². The molecule has 0 saturated heterocycles. The molecule has 0 fully saturated rings. The second kappa shape index (κ2) is 7.60. The quantitative estimate of drug-likeness (QED) is 0.807. The highest BCUT2D eigenvalue weighted by atomic mass is 19.1. The minimum atomic E-state index is -0.240. The van der Waals surface area contributed by atoms with Crippen molar-refractivity contribution in [1.29, 1.82) is 0 Å². The van der Waals surface area contributed by atoms with Crippen molar-refractivity contribution in [2.24, 2.45) is 5.73 Å². The van der Waals surface area contributed by atoms with Gasteiger partial charge in [0.25, 0.3) is 0 Å². The predicted octanol–water partition coefficient (Wildman–Crippen LogP) is 3.14. The second-order valence-corrected chi connectivity index (χ2v) is 5.34. The van der Waals surface area contributed by atoms with Crippen molar-refractivity contribution in [1.82, 2.24) is 0 Å². The lowest BCUT2D eigenvalue weighted by molar-refractivity contribution is 0.295. The molecule has 0 saturated carbocycles. The molecule has 0 spiro atoms. The van der Waals surface area contributed by atoms with Gasteiger partial charge in [-0.05, 0) is 49.9 Å². The smallest absolute Gasteiger partial charge is 0.126 e. The van der Waals surface area contributed by atoms with E-state index in [2.05, 4.69) is 18.7 Å². The predicted molar refractivity (Wildman–Crippen MR) is 82.5 cm³/mol. The Balaban J connectivity index is 3.33. The van der Waals surface area contributed by atoms with Gasteiger partial charge in [0.05, 0.1) is 6.61 Å². The van der Waals surface area contributed by atoms with E-state index in [0.29, 0.717) is 18.2 Å². The minimum Gasteiger partial charge on any atom is -0.395 e. The van der Waals surface area contributed by atoms with Gasteiger partial charge >= 0.3 is 0 Å². The number of nitrogens with two attached hydrogens (primary N) is 1. The van der Waals surface area contributed by atoms with Gasteiger partial charge in [-0.3, -0.25) is 0 Å². The lowest BCUT2D eigenvalue weighted by Crippen LogP contribution is -2.38. The van der Waals surface area contributed by atoms with Gasteiger partial charge < -0.3 is 15.7 Å². The molecule has 3 N–H and O–H groups in total. The molecular weight excluding hydrogens is 255 g/mol. The van der Waals surface area contributed by atoms with Gasteiger partial charge in [0.2, 0.25) is 0 Å². The number of anilines is 1. The molecule has 114 valence electrons. The topological polar surface area (TPSA) is 49.5 Å². The van der Waals surface area contributed by atoms with E-state index in [1.54, 1.807) is 6.92 Å². The zero-order chi connectivity index (χ0) is 15.3.